The Morgan fingerprint density at radius 1 is 0.488 bits per heavy atom. The predicted molar refractivity (Wildman–Crippen MR) is 182 cm³/mol. The number of rotatable bonds is 7. The Bertz CT molecular complexity index is 1930. The van der Waals surface area contributed by atoms with Crippen molar-refractivity contribution in [3.05, 3.63) is 190 Å². The van der Waals surface area contributed by atoms with Gasteiger partial charge in [0.2, 0.25) is 0 Å². The van der Waals surface area contributed by atoms with Crippen LogP contribution in [0.15, 0.2) is 140 Å². The van der Waals surface area contributed by atoms with Gasteiger partial charge in [0.1, 0.15) is 0 Å². The maximum absolute atomic E-state index is 2.49. The zero-order valence-corrected chi connectivity index (χ0v) is 25.4. The Labute approximate surface area is 256 Å². The Morgan fingerprint density at radius 3 is 1.91 bits per heavy atom. The molecule has 0 bridgehead atoms. The third-order valence-electron chi connectivity index (χ3n) is 9.52. The van der Waals surface area contributed by atoms with Gasteiger partial charge in [-0.15, -0.1) is 0 Å². The number of fused-ring (bicyclic) bond motifs is 3. The molecule has 0 aromatic heterocycles. The van der Waals surface area contributed by atoms with Crippen molar-refractivity contribution in [2.75, 3.05) is 0 Å². The van der Waals surface area contributed by atoms with Crippen LogP contribution in [-0.4, -0.2) is 0 Å². The molecule has 1 aliphatic carbocycles. The van der Waals surface area contributed by atoms with E-state index in [0.717, 1.165) is 19.3 Å². The Hall–Kier alpha value is -4.68. The van der Waals surface area contributed by atoms with Crippen molar-refractivity contribution < 1.29 is 0 Å². The predicted octanol–water partition coefficient (Wildman–Crippen LogP) is 10.7. The maximum Gasteiger partial charge on any atom is 0.0716 e. The number of hydrogen-bond acceptors (Lipinski definition) is 0. The fraction of sp³-hybridized carbons (Fsp3) is 0.163. The number of hydrogen-bond donors (Lipinski definition) is 0. The molecule has 0 saturated carbocycles. The minimum Gasteiger partial charge on any atom is -0.0622 e. The summed E-state index contributed by atoms with van der Waals surface area (Å²) in [5.74, 6) is 0. The Kier molecular flexibility index (Phi) is 7.07. The lowest BCUT2D eigenvalue weighted by Crippen LogP contribution is -2.29. The van der Waals surface area contributed by atoms with Gasteiger partial charge < -0.3 is 0 Å². The lowest BCUT2D eigenvalue weighted by molar-refractivity contribution is 0.760. The molecule has 0 heteroatoms. The van der Waals surface area contributed by atoms with Crippen LogP contribution in [-0.2, 0) is 24.7 Å². The normalized spacial score (nSPS) is 15.2. The van der Waals surface area contributed by atoms with E-state index >= 15 is 0 Å². The second-order valence-electron chi connectivity index (χ2n) is 11.9. The summed E-state index contributed by atoms with van der Waals surface area (Å²) >= 11 is 0. The SMILES string of the molecule is CCc1ccccc1-c1c(CC)cccc1Cc1cccc(C2(c3ccccc3)c3ccccc3-c3cccc(C)c32)c1. The van der Waals surface area contributed by atoms with Crippen LogP contribution >= 0.6 is 0 Å². The van der Waals surface area contributed by atoms with Crippen LogP contribution in [0.25, 0.3) is 22.3 Å². The fourth-order valence-electron chi connectivity index (χ4n) is 7.67. The maximum atomic E-state index is 2.49. The first-order chi connectivity index (χ1) is 21.2. The molecule has 0 spiro atoms. The fourth-order valence-corrected chi connectivity index (χ4v) is 7.67. The van der Waals surface area contributed by atoms with Crippen molar-refractivity contribution in [3.8, 4) is 22.3 Å². The van der Waals surface area contributed by atoms with Crippen LogP contribution in [0.1, 0.15) is 63.9 Å². The van der Waals surface area contributed by atoms with Gasteiger partial charge in [0.25, 0.3) is 0 Å². The first-order valence-corrected chi connectivity index (χ1v) is 15.7. The van der Waals surface area contributed by atoms with Crippen molar-refractivity contribution in [2.45, 2.75) is 45.4 Å². The average Bonchev–Trinajstić information content (AvgIpc) is 3.37. The molecule has 0 radical (unpaired) electrons. The average molecular weight is 555 g/mol. The summed E-state index contributed by atoms with van der Waals surface area (Å²) in [6, 6.07) is 52.2. The van der Waals surface area contributed by atoms with Gasteiger partial charge in [-0.1, -0.05) is 153 Å². The van der Waals surface area contributed by atoms with Crippen LogP contribution < -0.4 is 0 Å². The van der Waals surface area contributed by atoms with E-state index in [1.165, 1.54) is 72.3 Å². The van der Waals surface area contributed by atoms with Gasteiger partial charge >= 0.3 is 0 Å². The molecule has 1 aliphatic rings. The van der Waals surface area contributed by atoms with Gasteiger partial charge in [-0.25, -0.2) is 0 Å². The summed E-state index contributed by atoms with van der Waals surface area (Å²) in [6.45, 7) is 6.82. The zero-order valence-electron chi connectivity index (χ0n) is 25.4. The van der Waals surface area contributed by atoms with E-state index < -0.39 is 0 Å². The van der Waals surface area contributed by atoms with Crippen LogP contribution in [0.2, 0.25) is 0 Å². The van der Waals surface area contributed by atoms with Crippen molar-refractivity contribution in [1.29, 1.82) is 0 Å². The van der Waals surface area contributed by atoms with E-state index in [-0.39, 0.29) is 5.41 Å². The zero-order chi connectivity index (χ0) is 29.4. The van der Waals surface area contributed by atoms with E-state index in [2.05, 4.69) is 160 Å². The molecular formula is C43H38. The van der Waals surface area contributed by atoms with Crippen LogP contribution in [0, 0.1) is 6.92 Å². The minimum atomic E-state index is -0.378. The van der Waals surface area contributed by atoms with Gasteiger partial charge in [-0.3, -0.25) is 0 Å². The Balaban J connectivity index is 1.44. The molecule has 43 heavy (non-hydrogen) atoms. The van der Waals surface area contributed by atoms with E-state index in [0.29, 0.717) is 0 Å². The van der Waals surface area contributed by atoms with E-state index in [1.807, 2.05) is 0 Å². The molecule has 0 N–H and O–H groups in total. The molecule has 6 aromatic carbocycles. The first-order valence-electron chi connectivity index (χ1n) is 15.7. The van der Waals surface area contributed by atoms with Gasteiger partial charge in [-0.2, -0.15) is 0 Å². The van der Waals surface area contributed by atoms with Crippen LogP contribution in [0.3, 0.4) is 0 Å². The summed E-state index contributed by atoms with van der Waals surface area (Å²) in [6.07, 6.45) is 2.94. The highest BCUT2D eigenvalue weighted by Crippen LogP contribution is 2.57. The summed E-state index contributed by atoms with van der Waals surface area (Å²) in [4.78, 5) is 0. The number of aryl methyl sites for hydroxylation is 3. The quantitative estimate of drug-likeness (QED) is 0.184. The molecule has 210 valence electrons. The second kappa shape index (κ2) is 11.2. The largest absolute Gasteiger partial charge is 0.0716 e. The smallest absolute Gasteiger partial charge is 0.0622 e. The first kappa shape index (κ1) is 27.2. The van der Waals surface area contributed by atoms with E-state index in [9.17, 15) is 0 Å². The lowest BCUT2D eigenvalue weighted by atomic mass is 9.66. The van der Waals surface area contributed by atoms with Crippen molar-refractivity contribution in [2.24, 2.45) is 0 Å². The molecule has 6 aromatic rings. The third-order valence-corrected chi connectivity index (χ3v) is 9.52. The molecule has 0 amide bonds. The lowest BCUT2D eigenvalue weighted by Gasteiger charge is -2.35. The van der Waals surface area contributed by atoms with Crippen molar-refractivity contribution in [1.82, 2.24) is 0 Å². The molecule has 1 unspecified atom stereocenters. The van der Waals surface area contributed by atoms with E-state index in [1.54, 1.807) is 0 Å². The molecule has 0 nitrogen and oxygen atoms in total. The monoisotopic (exact) mass is 554 g/mol. The van der Waals surface area contributed by atoms with E-state index in [4.69, 9.17) is 0 Å². The molecule has 0 saturated heterocycles. The molecule has 0 heterocycles. The molecule has 7 rings (SSSR count). The van der Waals surface area contributed by atoms with Gasteiger partial charge in [0.15, 0.2) is 0 Å². The van der Waals surface area contributed by atoms with Crippen molar-refractivity contribution >= 4 is 0 Å². The summed E-state index contributed by atoms with van der Waals surface area (Å²) in [5, 5.41) is 0. The van der Waals surface area contributed by atoms with Crippen molar-refractivity contribution in [3.63, 3.8) is 0 Å². The molecule has 0 aliphatic heterocycles. The standard InChI is InChI=1S/C43H38/c1-4-32-18-9-10-24-37(32)41-33(5-2)19-15-20-34(41)28-31-17-14-23-36(29-31)43(35-21-7-6-8-22-35)40-27-12-11-25-38(40)39-26-13-16-30(3)42(39)43/h6-27,29H,4-5,28H2,1-3H3. The number of benzene rings is 6. The highest BCUT2D eigenvalue weighted by Gasteiger charge is 2.46. The molecule has 1 atom stereocenters. The Morgan fingerprint density at radius 2 is 1.09 bits per heavy atom. The summed E-state index contributed by atoms with van der Waals surface area (Å²) < 4.78 is 0. The second-order valence-corrected chi connectivity index (χ2v) is 11.9. The summed E-state index contributed by atoms with van der Waals surface area (Å²) in [7, 11) is 0. The molecular weight excluding hydrogens is 516 g/mol. The highest BCUT2D eigenvalue weighted by molar-refractivity contribution is 5.87. The van der Waals surface area contributed by atoms with Crippen LogP contribution in [0.5, 0.6) is 0 Å². The van der Waals surface area contributed by atoms with Crippen LogP contribution in [0.4, 0.5) is 0 Å². The molecule has 0 fully saturated rings. The topological polar surface area (TPSA) is 0 Å². The summed E-state index contributed by atoms with van der Waals surface area (Å²) in [5.41, 5.74) is 17.4. The van der Waals surface area contributed by atoms with Gasteiger partial charge in [0.05, 0.1) is 5.41 Å². The highest BCUT2D eigenvalue weighted by atomic mass is 14.5. The minimum absolute atomic E-state index is 0.378. The third kappa shape index (κ3) is 4.36. The van der Waals surface area contributed by atoms with Gasteiger partial charge in [-0.05, 0) is 98.5 Å². The van der Waals surface area contributed by atoms with Gasteiger partial charge in [0, 0.05) is 0 Å².